The van der Waals surface area contributed by atoms with E-state index in [-0.39, 0.29) is 5.82 Å². The molecule has 0 unspecified atom stereocenters. The third-order valence-electron chi connectivity index (χ3n) is 2.44. The summed E-state index contributed by atoms with van der Waals surface area (Å²) >= 11 is 1.40. The fourth-order valence-electron chi connectivity index (χ4n) is 1.52. The molecule has 98 valence electrons. The van der Waals surface area contributed by atoms with Crippen LogP contribution in [0, 0.1) is 17.1 Å². The number of nitrogens with zero attached hydrogens (tertiary/aromatic N) is 4. The van der Waals surface area contributed by atoms with Crippen molar-refractivity contribution in [3.05, 3.63) is 30.1 Å². The standard InChI is InChI=1S/C12H12FN5S/c13-10-6-2-1-5-9(10)11-16-17-12(18(11)15)19-8-4-3-7-14/h1-2,5-6H,3-4,8,15H2. The van der Waals surface area contributed by atoms with Gasteiger partial charge in [-0.3, -0.25) is 0 Å². The van der Waals surface area contributed by atoms with Crippen LogP contribution < -0.4 is 5.84 Å². The Morgan fingerprint density at radius 1 is 1.37 bits per heavy atom. The number of nitrogens with two attached hydrogens (primary N) is 1. The molecule has 0 atom stereocenters. The summed E-state index contributed by atoms with van der Waals surface area (Å²) in [5, 5.41) is 16.8. The van der Waals surface area contributed by atoms with E-state index in [1.54, 1.807) is 18.2 Å². The summed E-state index contributed by atoms with van der Waals surface area (Å²) in [5.74, 6) is 6.49. The second kappa shape index (κ2) is 6.20. The van der Waals surface area contributed by atoms with Crippen molar-refractivity contribution in [3.63, 3.8) is 0 Å². The largest absolute Gasteiger partial charge is 0.335 e. The number of nitriles is 1. The third-order valence-corrected chi connectivity index (χ3v) is 3.47. The maximum absolute atomic E-state index is 13.6. The monoisotopic (exact) mass is 277 g/mol. The second-order valence-corrected chi connectivity index (χ2v) is 4.83. The van der Waals surface area contributed by atoms with E-state index >= 15 is 0 Å². The molecule has 0 fully saturated rings. The Labute approximate surface area is 114 Å². The van der Waals surface area contributed by atoms with Gasteiger partial charge in [-0.15, -0.1) is 10.2 Å². The molecule has 2 aromatic rings. The molecule has 0 aliphatic rings. The fourth-order valence-corrected chi connectivity index (χ4v) is 2.31. The van der Waals surface area contributed by atoms with Gasteiger partial charge in [0.25, 0.3) is 0 Å². The van der Waals surface area contributed by atoms with Crippen LogP contribution in [0.5, 0.6) is 0 Å². The molecule has 1 aromatic carbocycles. The average molecular weight is 277 g/mol. The van der Waals surface area contributed by atoms with Gasteiger partial charge in [-0.25, -0.2) is 9.07 Å². The van der Waals surface area contributed by atoms with Gasteiger partial charge in [0.05, 0.1) is 11.6 Å². The maximum atomic E-state index is 13.6. The number of aromatic nitrogens is 3. The number of thioether (sulfide) groups is 1. The summed E-state index contributed by atoms with van der Waals surface area (Å²) in [5.41, 5.74) is 0.321. The van der Waals surface area contributed by atoms with E-state index in [2.05, 4.69) is 16.3 Å². The molecule has 2 rings (SSSR count). The zero-order valence-electron chi connectivity index (χ0n) is 10.1. The number of rotatable bonds is 5. The van der Waals surface area contributed by atoms with Gasteiger partial charge < -0.3 is 5.84 Å². The first-order chi connectivity index (χ1) is 9.24. The lowest BCUT2D eigenvalue weighted by Gasteiger charge is -2.03. The first-order valence-corrected chi connectivity index (χ1v) is 6.67. The molecule has 7 heteroatoms. The number of hydrogen-bond acceptors (Lipinski definition) is 5. The number of benzene rings is 1. The number of nitrogen functional groups attached to an aromatic ring is 1. The van der Waals surface area contributed by atoms with Gasteiger partial charge in [0.2, 0.25) is 5.16 Å². The molecule has 1 heterocycles. The summed E-state index contributed by atoms with van der Waals surface area (Å²) in [7, 11) is 0. The van der Waals surface area contributed by atoms with Gasteiger partial charge in [-0.2, -0.15) is 5.26 Å². The van der Waals surface area contributed by atoms with E-state index in [4.69, 9.17) is 11.1 Å². The van der Waals surface area contributed by atoms with Gasteiger partial charge >= 0.3 is 0 Å². The van der Waals surface area contributed by atoms with E-state index in [0.717, 1.165) is 12.2 Å². The third kappa shape index (κ3) is 3.03. The first-order valence-electron chi connectivity index (χ1n) is 5.69. The highest BCUT2D eigenvalue weighted by Gasteiger charge is 2.14. The summed E-state index contributed by atoms with van der Waals surface area (Å²) in [4.78, 5) is 0. The Morgan fingerprint density at radius 3 is 2.89 bits per heavy atom. The molecule has 0 aliphatic heterocycles. The Hall–Kier alpha value is -2.07. The normalized spacial score (nSPS) is 10.3. The van der Waals surface area contributed by atoms with Crippen LogP contribution in [0.4, 0.5) is 4.39 Å². The van der Waals surface area contributed by atoms with E-state index in [9.17, 15) is 4.39 Å². The highest BCUT2D eigenvalue weighted by Crippen LogP contribution is 2.23. The molecule has 0 saturated carbocycles. The van der Waals surface area contributed by atoms with Crippen molar-refractivity contribution in [2.24, 2.45) is 0 Å². The molecule has 2 N–H and O–H groups in total. The van der Waals surface area contributed by atoms with Crippen LogP contribution in [0.2, 0.25) is 0 Å². The maximum Gasteiger partial charge on any atom is 0.210 e. The van der Waals surface area contributed by atoms with Crippen molar-refractivity contribution >= 4 is 11.8 Å². The smallest absolute Gasteiger partial charge is 0.210 e. The Bertz CT molecular complexity index is 604. The molecule has 0 amide bonds. The summed E-state index contributed by atoms with van der Waals surface area (Å²) in [6.45, 7) is 0. The van der Waals surface area contributed by atoms with Gasteiger partial charge in [0.1, 0.15) is 5.82 Å². The van der Waals surface area contributed by atoms with Crippen molar-refractivity contribution in [1.29, 1.82) is 5.26 Å². The Balaban J connectivity index is 2.15. The van der Waals surface area contributed by atoms with Crippen LogP contribution >= 0.6 is 11.8 Å². The van der Waals surface area contributed by atoms with Gasteiger partial charge in [0, 0.05) is 12.2 Å². The molecule has 0 radical (unpaired) electrons. The molecule has 0 aliphatic carbocycles. The van der Waals surface area contributed by atoms with E-state index < -0.39 is 0 Å². The van der Waals surface area contributed by atoms with Crippen LogP contribution in [0.3, 0.4) is 0 Å². The van der Waals surface area contributed by atoms with Crippen molar-refractivity contribution in [3.8, 4) is 17.5 Å². The van der Waals surface area contributed by atoms with Crippen LogP contribution in [0.15, 0.2) is 29.4 Å². The lowest BCUT2D eigenvalue weighted by atomic mass is 10.2. The SMILES string of the molecule is N#CCCCSc1nnc(-c2ccccc2F)n1N. The molecule has 5 nitrogen and oxygen atoms in total. The lowest BCUT2D eigenvalue weighted by molar-refractivity contribution is 0.629. The predicted octanol–water partition coefficient (Wildman–Crippen LogP) is 2.19. The minimum Gasteiger partial charge on any atom is -0.335 e. The van der Waals surface area contributed by atoms with Crippen LogP contribution in [-0.2, 0) is 0 Å². The molecule has 0 bridgehead atoms. The molecular weight excluding hydrogens is 265 g/mol. The zero-order chi connectivity index (χ0) is 13.7. The quantitative estimate of drug-likeness (QED) is 0.515. The van der Waals surface area contributed by atoms with Crippen LogP contribution in [0.25, 0.3) is 11.4 Å². The molecule has 0 saturated heterocycles. The molecule has 1 aromatic heterocycles. The van der Waals surface area contributed by atoms with Crippen molar-refractivity contribution in [1.82, 2.24) is 14.9 Å². The van der Waals surface area contributed by atoms with Crippen molar-refractivity contribution < 1.29 is 4.39 Å². The minimum atomic E-state index is -0.386. The zero-order valence-corrected chi connectivity index (χ0v) is 10.9. The predicted molar refractivity (Wildman–Crippen MR) is 71.1 cm³/mol. The van der Waals surface area contributed by atoms with E-state index in [0.29, 0.717) is 23.0 Å². The summed E-state index contributed by atoms with van der Waals surface area (Å²) < 4.78 is 14.9. The minimum absolute atomic E-state index is 0.292. The summed E-state index contributed by atoms with van der Waals surface area (Å²) in [6, 6.07) is 8.34. The van der Waals surface area contributed by atoms with Crippen molar-refractivity contribution in [2.45, 2.75) is 18.0 Å². The second-order valence-electron chi connectivity index (χ2n) is 3.77. The molecule has 19 heavy (non-hydrogen) atoms. The fraction of sp³-hybridized carbons (Fsp3) is 0.250. The van der Waals surface area contributed by atoms with Gasteiger partial charge in [0.15, 0.2) is 5.82 Å². The number of hydrogen-bond donors (Lipinski definition) is 1. The van der Waals surface area contributed by atoms with E-state index in [1.165, 1.54) is 22.5 Å². The van der Waals surface area contributed by atoms with Crippen molar-refractivity contribution in [2.75, 3.05) is 11.6 Å². The van der Waals surface area contributed by atoms with E-state index in [1.807, 2.05) is 0 Å². The van der Waals surface area contributed by atoms with Crippen LogP contribution in [-0.4, -0.2) is 20.6 Å². The average Bonchev–Trinajstić information content (AvgIpc) is 2.77. The lowest BCUT2D eigenvalue weighted by Crippen LogP contribution is -2.12. The number of halogens is 1. The van der Waals surface area contributed by atoms with Gasteiger partial charge in [-0.05, 0) is 18.6 Å². The highest BCUT2D eigenvalue weighted by molar-refractivity contribution is 7.99. The Morgan fingerprint density at radius 2 is 2.16 bits per heavy atom. The topological polar surface area (TPSA) is 80.5 Å². The Kier molecular flexibility index (Phi) is 4.36. The first kappa shape index (κ1) is 13.4. The van der Waals surface area contributed by atoms with Gasteiger partial charge in [-0.1, -0.05) is 23.9 Å². The molecular formula is C12H12FN5S. The number of unbranched alkanes of at least 4 members (excludes halogenated alkanes) is 1. The highest BCUT2D eigenvalue weighted by atomic mass is 32.2. The molecule has 0 spiro atoms. The van der Waals surface area contributed by atoms with Crippen LogP contribution in [0.1, 0.15) is 12.8 Å². The summed E-state index contributed by atoms with van der Waals surface area (Å²) in [6.07, 6.45) is 1.24.